The molecule has 0 saturated heterocycles. The van der Waals surface area contributed by atoms with Crippen LogP contribution >= 0.6 is 11.6 Å². The summed E-state index contributed by atoms with van der Waals surface area (Å²) in [5.74, 6) is -1.32. The molecular weight excluding hydrogens is 502 g/mol. The van der Waals surface area contributed by atoms with Crippen LogP contribution in [0.1, 0.15) is 25.5 Å². The van der Waals surface area contributed by atoms with Crippen molar-refractivity contribution in [2.24, 2.45) is 0 Å². The number of nitrogens with zero attached hydrogens (tertiary/aromatic N) is 2. The fraction of sp³-hybridized carbons (Fsp3) is 0.167. The molecule has 8 heteroatoms. The summed E-state index contributed by atoms with van der Waals surface area (Å²) in [6.07, 6.45) is -1.06. The highest BCUT2D eigenvalue weighted by Crippen LogP contribution is 2.40. The summed E-state index contributed by atoms with van der Waals surface area (Å²) in [6.45, 7) is 4.78. The molecule has 6 rings (SSSR count). The number of aromatic nitrogens is 2. The number of aryl methyl sites for hydroxylation is 1. The Kier molecular flexibility index (Phi) is 6.00. The average molecular weight is 526 g/mol. The van der Waals surface area contributed by atoms with Gasteiger partial charge in [0.15, 0.2) is 6.10 Å². The van der Waals surface area contributed by atoms with Crippen molar-refractivity contribution in [3.05, 3.63) is 94.8 Å². The first-order valence-corrected chi connectivity index (χ1v) is 12.8. The maximum Gasteiger partial charge on any atom is 0.356 e. The van der Waals surface area contributed by atoms with Crippen molar-refractivity contribution in [1.82, 2.24) is 9.55 Å². The molecule has 190 valence electrons. The van der Waals surface area contributed by atoms with E-state index in [4.69, 9.17) is 21.1 Å². The number of cyclic esters (lactones) is 1. The number of carbonyl (C=O) groups is 2. The van der Waals surface area contributed by atoms with E-state index in [2.05, 4.69) is 33.9 Å². The van der Waals surface area contributed by atoms with Crippen molar-refractivity contribution in [2.75, 3.05) is 11.9 Å². The minimum atomic E-state index is -1.06. The van der Waals surface area contributed by atoms with Crippen LogP contribution in [-0.4, -0.2) is 28.1 Å². The number of carbonyl (C=O) groups excluding carboxylic acids is 2. The number of hydrogen-bond acceptors (Lipinski definition) is 6. The van der Waals surface area contributed by atoms with Crippen molar-refractivity contribution in [3.8, 4) is 0 Å². The van der Waals surface area contributed by atoms with Gasteiger partial charge in [-0.3, -0.25) is 0 Å². The zero-order valence-electron chi connectivity index (χ0n) is 20.8. The number of ether oxygens (including phenoxy) is 2. The van der Waals surface area contributed by atoms with Crippen molar-refractivity contribution < 1.29 is 19.1 Å². The molecule has 2 aromatic heterocycles. The molecule has 0 amide bonds. The molecule has 7 nitrogen and oxygen atoms in total. The van der Waals surface area contributed by atoms with Gasteiger partial charge in [-0.05, 0) is 50.2 Å². The lowest BCUT2D eigenvalue weighted by atomic mass is 10.0. The molecule has 3 aromatic carbocycles. The maximum absolute atomic E-state index is 13.2. The molecule has 38 heavy (non-hydrogen) atoms. The summed E-state index contributed by atoms with van der Waals surface area (Å²) < 4.78 is 13.3. The summed E-state index contributed by atoms with van der Waals surface area (Å²) in [6, 6.07) is 23.3. The van der Waals surface area contributed by atoms with Gasteiger partial charge in [0.2, 0.25) is 0 Å². The minimum Gasteiger partial charge on any atom is -0.462 e. The molecule has 0 bridgehead atoms. The molecule has 1 aliphatic rings. The highest BCUT2D eigenvalue weighted by molar-refractivity contribution is 6.31. The van der Waals surface area contributed by atoms with E-state index in [0.29, 0.717) is 16.8 Å². The number of esters is 2. The Morgan fingerprint density at radius 2 is 1.79 bits per heavy atom. The van der Waals surface area contributed by atoms with E-state index < -0.39 is 18.0 Å². The number of anilines is 1. The highest BCUT2D eigenvalue weighted by Gasteiger charge is 2.42. The van der Waals surface area contributed by atoms with Crippen LogP contribution in [0.25, 0.3) is 32.7 Å². The topological polar surface area (TPSA) is 82.5 Å². The summed E-state index contributed by atoms with van der Waals surface area (Å²) in [7, 11) is 0. The van der Waals surface area contributed by atoms with Gasteiger partial charge in [0.1, 0.15) is 16.4 Å². The normalized spacial score (nSPS) is 15.4. The third-order valence-electron chi connectivity index (χ3n) is 6.80. The number of para-hydroxylation sites is 2. The molecule has 0 saturated carbocycles. The summed E-state index contributed by atoms with van der Waals surface area (Å²) in [5.41, 5.74) is 4.06. The van der Waals surface area contributed by atoms with Gasteiger partial charge in [0.05, 0.1) is 12.1 Å². The highest BCUT2D eigenvalue weighted by atomic mass is 35.5. The van der Waals surface area contributed by atoms with Crippen LogP contribution in [0.15, 0.2) is 84.1 Å². The van der Waals surface area contributed by atoms with Gasteiger partial charge in [-0.2, -0.15) is 0 Å². The van der Waals surface area contributed by atoms with Gasteiger partial charge < -0.3 is 19.4 Å². The van der Waals surface area contributed by atoms with E-state index in [-0.39, 0.29) is 23.0 Å². The largest absolute Gasteiger partial charge is 0.462 e. The zero-order valence-corrected chi connectivity index (χ0v) is 21.6. The molecule has 3 heterocycles. The monoisotopic (exact) mass is 525 g/mol. The van der Waals surface area contributed by atoms with Gasteiger partial charge >= 0.3 is 11.9 Å². The number of rotatable bonds is 6. The summed E-state index contributed by atoms with van der Waals surface area (Å²) in [4.78, 5) is 30.8. The van der Waals surface area contributed by atoms with Gasteiger partial charge in [-0.25, -0.2) is 14.6 Å². The average Bonchev–Trinajstić information content (AvgIpc) is 3.42. The molecule has 1 aliphatic heterocycles. The third kappa shape index (κ3) is 3.87. The number of fused-ring (bicyclic) bond motifs is 4. The van der Waals surface area contributed by atoms with Crippen LogP contribution in [0.5, 0.6) is 0 Å². The number of benzene rings is 3. The van der Waals surface area contributed by atoms with Crippen LogP contribution in [-0.2, 0) is 25.6 Å². The molecule has 1 unspecified atom stereocenters. The molecule has 0 fully saturated rings. The fourth-order valence-corrected chi connectivity index (χ4v) is 5.38. The first-order chi connectivity index (χ1) is 18.5. The Morgan fingerprint density at radius 1 is 1.03 bits per heavy atom. The Bertz CT molecular complexity index is 1790. The van der Waals surface area contributed by atoms with Gasteiger partial charge in [-0.1, -0.05) is 48.0 Å². The maximum atomic E-state index is 13.2. The van der Waals surface area contributed by atoms with Crippen molar-refractivity contribution in [2.45, 2.75) is 26.5 Å². The van der Waals surface area contributed by atoms with Crippen molar-refractivity contribution >= 4 is 61.9 Å². The molecular formula is C30H24ClN3O4. The molecule has 0 spiro atoms. The number of nitrogens with one attached hydrogen (secondary N) is 1. The van der Waals surface area contributed by atoms with Crippen LogP contribution in [0, 0.1) is 0 Å². The van der Waals surface area contributed by atoms with E-state index >= 15 is 0 Å². The lowest BCUT2D eigenvalue weighted by molar-refractivity contribution is -0.142. The van der Waals surface area contributed by atoms with Gasteiger partial charge in [0, 0.05) is 45.0 Å². The lowest BCUT2D eigenvalue weighted by Gasteiger charge is -2.15. The molecule has 0 aliphatic carbocycles. The fourth-order valence-electron chi connectivity index (χ4n) is 5.13. The van der Waals surface area contributed by atoms with E-state index in [0.717, 1.165) is 33.7 Å². The zero-order chi connectivity index (χ0) is 26.4. The smallest absolute Gasteiger partial charge is 0.356 e. The van der Waals surface area contributed by atoms with E-state index in [1.54, 1.807) is 13.0 Å². The summed E-state index contributed by atoms with van der Waals surface area (Å²) >= 11 is 6.52. The lowest BCUT2D eigenvalue weighted by Crippen LogP contribution is -2.16. The second kappa shape index (κ2) is 9.50. The predicted molar refractivity (Wildman–Crippen MR) is 148 cm³/mol. The number of hydrogen-bond donors (Lipinski definition) is 1. The quantitative estimate of drug-likeness (QED) is 0.200. The van der Waals surface area contributed by atoms with Crippen molar-refractivity contribution in [3.63, 3.8) is 0 Å². The third-order valence-corrected chi connectivity index (χ3v) is 7.10. The summed E-state index contributed by atoms with van der Waals surface area (Å²) in [5, 5.41) is 6.26. The van der Waals surface area contributed by atoms with Crippen LogP contribution < -0.4 is 5.32 Å². The minimum absolute atomic E-state index is 0.0243. The van der Waals surface area contributed by atoms with E-state index in [9.17, 15) is 9.59 Å². The van der Waals surface area contributed by atoms with Crippen LogP contribution in [0.2, 0.25) is 5.15 Å². The Morgan fingerprint density at radius 3 is 2.61 bits per heavy atom. The van der Waals surface area contributed by atoms with Crippen LogP contribution in [0.3, 0.4) is 0 Å². The second-order valence-corrected chi connectivity index (χ2v) is 9.33. The van der Waals surface area contributed by atoms with E-state index in [1.165, 1.54) is 0 Å². The first-order valence-electron chi connectivity index (χ1n) is 12.5. The molecule has 0 radical (unpaired) electrons. The SMILES string of the molecule is CCOC(=O)C1=C(Nc2ccc3c(c2)c2ccccc2n3CC)C(=O)OC1c1cc2ccccc2nc1Cl. The number of pyridine rings is 1. The van der Waals surface area contributed by atoms with Gasteiger partial charge in [0.25, 0.3) is 0 Å². The van der Waals surface area contributed by atoms with Gasteiger partial charge in [-0.15, -0.1) is 0 Å². The predicted octanol–water partition coefficient (Wildman–Crippen LogP) is 6.54. The van der Waals surface area contributed by atoms with Crippen molar-refractivity contribution in [1.29, 1.82) is 0 Å². The standard InChI is InChI=1S/C30H24ClN3O4/c1-3-34-23-12-8-6-10-19(23)20-16-18(13-14-24(20)34)32-26-25(29(35)37-4-2)27(38-30(26)36)21-15-17-9-5-7-11-22(17)33-28(21)31/h5-16,27,32H,3-4H2,1-2H3. The molecule has 1 atom stereocenters. The van der Waals surface area contributed by atoms with Crippen LogP contribution in [0.4, 0.5) is 5.69 Å². The van der Waals surface area contributed by atoms with E-state index in [1.807, 2.05) is 54.6 Å². The Balaban J connectivity index is 1.47. The molecule has 1 N–H and O–H groups in total. The second-order valence-electron chi connectivity index (χ2n) is 8.97. The Labute approximate surface area is 223 Å². The molecule has 5 aromatic rings. The Hall–Kier alpha value is -4.36. The first kappa shape index (κ1) is 24.0. The number of halogens is 1.